The fourth-order valence-corrected chi connectivity index (χ4v) is 2.46. The van der Waals surface area contributed by atoms with E-state index in [1.54, 1.807) is 18.5 Å². The molecule has 0 aliphatic carbocycles. The summed E-state index contributed by atoms with van der Waals surface area (Å²) in [5, 5.41) is 4.21. The molecule has 88 valence electrons. The third kappa shape index (κ3) is 2.00. The number of hydrogen-bond acceptors (Lipinski definition) is 3. The topological polar surface area (TPSA) is 37.8 Å². The number of aromatic nitrogens is 2. The molecular weight excluding hydrogens is 217 g/mol. The molecule has 4 heteroatoms. The summed E-state index contributed by atoms with van der Waals surface area (Å²) in [6, 6.07) is 4.70. The first-order valence-corrected chi connectivity index (χ1v) is 5.95. The Morgan fingerprint density at radius 3 is 3.06 bits per heavy atom. The third-order valence-electron chi connectivity index (χ3n) is 3.31. The van der Waals surface area contributed by atoms with E-state index >= 15 is 0 Å². The molecule has 2 aromatic rings. The first kappa shape index (κ1) is 10.6. The normalized spacial score (nSPS) is 20.6. The molecule has 1 aromatic carbocycles. The van der Waals surface area contributed by atoms with Gasteiger partial charge in [-0.2, -0.15) is 0 Å². The van der Waals surface area contributed by atoms with Crippen LogP contribution in [0.3, 0.4) is 0 Å². The smallest absolute Gasteiger partial charge is 0.124 e. The van der Waals surface area contributed by atoms with Gasteiger partial charge in [0, 0.05) is 17.8 Å². The minimum atomic E-state index is -0.225. The monoisotopic (exact) mass is 231 g/mol. The van der Waals surface area contributed by atoms with E-state index in [9.17, 15) is 4.39 Å². The second kappa shape index (κ2) is 4.37. The average Bonchev–Trinajstić information content (AvgIpc) is 2.39. The van der Waals surface area contributed by atoms with E-state index in [0.717, 1.165) is 42.5 Å². The van der Waals surface area contributed by atoms with Gasteiger partial charge in [-0.25, -0.2) is 14.4 Å². The van der Waals surface area contributed by atoms with Crippen LogP contribution in [0.25, 0.3) is 10.9 Å². The molecule has 1 aromatic heterocycles. The minimum Gasteiger partial charge on any atom is -0.316 e. The number of fused-ring (bicyclic) bond motifs is 1. The molecule has 1 N–H and O–H groups in total. The number of nitrogens with one attached hydrogen (secondary N) is 1. The SMILES string of the molecule is Fc1ccc2ncnc(C3CCCNC3)c2c1. The van der Waals surface area contributed by atoms with E-state index in [-0.39, 0.29) is 5.82 Å². The van der Waals surface area contributed by atoms with Crippen LogP contribution in [0.4, 0.5) is 4.39 Å². The van der Waals surface area contributed by atoms with Crippen LogP contribution in [0.1, 0.15) is 24.5 Å². The Labute approximate surface area is 99.1 Å². The van der Waals surface area contributed by atoms with E-state index in [1.165, 1.54) is 6.07 Å². The molecule has 0 spiro atoms. The summed E-state index contributed by atoms with van der Waals surface area (Å²) >= 11 is 0. The molecule has 2 heterocycles. The largest absolute Gasteiger partial charge is 0.316 e. The molecule has 1 fully saturated rings. The average molecular weight is 231 g/mol. The summed E-state index contributed by atoms with van der Waals surface area (Å²) in [6.45, 7) is 1.98. The number of halogens is 1. The molecule has 1 saturated heterocycles. The summed E-state index contributed by atoms with van der Waals surface area (Å²) in [4.78, 5) is 8.53. The molecule has 0 saturated carbocycles. The fourth-order valence-electron chi connectivity index (χ4n) is 2.46. The maximum Gasteiger partial charge on any atom is 0.124 e. The molecule has 17 heavy (non-hydrogen) atoms. The predicted molar refractivity (Wildman–Crippen MR) is 64.3 cm³/mol. The summed E-state index contributed by atoms with van der Waals surface area (Å²) < 4.78 is 13.3. The Hall–Kier alpha value is -1.55. The van der Waals surface area contributed by atoms with Crippen molar-refractivity contribution >= 4 is 10.9 Å². The third-order valence-corrected chi connectivity index (χ3v) is 3.31. The van der Waals surface area contributed by atoms with Gasteiger partial charge in [-0.15, -0.1) is 0 Å². The highest BCUT2D eigenvalue weighted by Crippen LogP contribution is 2.27. The predicted octanol–water partition coefficient (Wildman–Crippen LogP) is 2.24. The van der Waals surface area contributed by atoms with E-state index in [1.807, 2.05) is 0 Å². The summed E-state index contributed by atoms with van der Waals surface area (Å²) in [7, 11) is 0. The maximum absolute atomic E-state index is 13.3. The van der Waals surface area contributed by atoms with E-state index < -0.39 is 0 Å². The maximum atomic E-state index is 13.3. The molecule has 1 unspecified atom stereocenters. The van der Waals surface area contributed by atoms with Crippen LogP contribution in [-0.4, -0.2) is 23.1 Å². The lowest BCUT2D eigenvalue weighted by atomic mass is 9.93. The van der Waals surface area contributed by atoms with Gasteiger partial charge in [0.25, 0.3) is 0 Å². The highest BCUT2D eigenvalue weighted by molar-refractivity contribution is 5.81. The molecule has 0 radical (unpaired) electrons. The van der Waals surface area contributed by atoms with Gasteiger partial charge < -0.3 is 5.32 Å². The van der Waals surface area contributed by atoms with Gasteiger partial charge in [0.1, 0.15) is 12.1 Å². The molecular formula is C13H14FN3. The zero-order chi connectivity index (χ0) is 11.7. The van der Waals surface area contributed by atoms with Crippen LogP contribution in [0, 0.1) is 5.82 Å². The Kier molecular flexibility index (Phi) is 2.73. The van der Waals surface area contributed by atoms with Crippen molar-refractivity contribution in [3.05, 3.63) is 36.0 Å². The highest BCUT2D eigenvalue weighted by atomic mass is 19.1. The van der Waals surface area contributed by atoms with E-state index in [4.69, 9.17) is 0 Å². The van der Waals surface area contributed by atoms with Gasteiger partial charge in [0.2, 0.25) is 0 Å². The van der Waals surface area contributed by atoms with Crippen molar-refractivity contribution in [3.8, 4) is 0 Å². The number of piperidine rings is 1. The molecule has 1 atom stereocenters. The zero-order valence-electron chi connectivity index (χ0n) is 9.49. The molecule has 3 nitrogen and oxygen atoms in total. The zero-order valence-corrected chi connectivity index (χ0v) is 9.49. The van der Waals surface area contributed by atoms with Gasteiger partial charge in [-0.05, 0) is 37.6 Å². The molecule has 0 bridgehead atoms. The summed E-state index contributed by atoms with van der Waals surface area (Å²) in [6.07, 6.45) is 3.82. The number of rotatable bonds is 1. The van der Waals surface area contributed by atoms with Gasteiger partial charge in [0.05, 0.1) is 11.2 Å². The van der Waals surface area contributed by atoms with Crippen molar-refractivity contribution < 1.29 is 4.39 Å². The lowest BCUT2D eigenvalue weighted by Crippen LogP contribution is -2.29. The quantitative estimate of drug-likeness (QED) is 0.818. The second-order valence-electron chi connectivity index (χ2n) is 4.46. The first-order valence-electron chi connectivity index (χ1n) is 5.95. The molecule has 3 rings (SSSR count). The van der Waals surface area contributed by atoms with Crippen LogP contribution in [0.2, 0.25) is 0 Å². The van der Waals surface area contributed by atoms with E-state index in [2.05, 4.69) is 15.3 Å². The van der Waals surface area contributed by atoms with Crippen LogP contribution < -0.4 is 5.32 Å². The Balaban J connectivity index is 2.11. The fraction of sp³-hybridized carbons (Fsp3) is 0.385. The van der Waals surface area contributed by atoms with Crippen molar-refractivity contribution in [2.45, 2.75) is 18.8 Å². The Bertz CT molecular complexity index is 535. The van der Waals surface area contributed by atoms with Crippen LogP contribution in [0.5, 0.6) is 0 Å². The first-order chi connectivity index (χ1) is 8.34. The minimum absolute atomic E-state index is 0.225. The summed E-state index contributed by atoms with van der Waals surface area (Å²) in [5.74, 6) is 0.147. The summed E-state index contributed by atoms with van der Waals surface area (Å²) in [5.41, 5.74) is 1.80. The molecule has 1 aliphatic rings. The van der Waals surface area contributed by atoms with Gasteiger partial charge >= 0.3 is 0 Å². The van der Waals surface area contributed by atoms with Crippen molar-refractivity contribution in [2.75, 3.05) is 13.1 Å². The Morgan fingerprint density at radius 2 is 2.24 bits per heavy atom. The van der Waals surface area contributed by atoms with Gasteiger partial charge in [-0.3, -0.25) is 0 Å². The lowest BCUT2D eigenvalue weighted by Gasteiger charge is -2.23. The van der Waals surface area contributed by atoms with Crippen molar-refractivity contribution in [3.63, 3.8) is 0 Å². The van der Waals surface area contributed by atoms with Crippen molar-refractivity contribution in [1.82, 2.24) is 15.3 Å². The standard InChI is InChI=1S/C13H14FN3/c14-10-3-4-12-11(6-10)13(17-8-16-12)9-2-1-5-15-7-9/h3-4,6,8-9,15H,1-2,5,7H2. The number of benzene rings is 1. The van der Waals surface area contributed by atoms with E-state index in [0.29, 0.717) is 5.92 Å². The van der Waals surface area contributed by atoms with Crippen LogP contribution in [-0.2, 0) is 0 Å². The second-order valence-corrected chi connectivity index (χ2v) is 4.46. The molecule has 0 amide bonds. The highest BCUT2D eigenvalue weighted by Gasteiger charge is 2.19. The van der Waals surface area contributed by atoms with Crippen molar-refractivity contribution in [1.29, 1.82) is 0 Å². The van der Waals surface area contributed by atoms with Gasteiger partial charge in [-0.1, -0.05) is 0 Å². The lowest BCUT2D eigenvalue weighted by molar-refractivity contribution is 0.456. The van der Waals surface area contributed by atoms with Crippen LogP contribution in [0.15, 0.2) is 24.5 Å². The van der Waals surface area contributed by atoms with Crippen LogP contribution >= 0.6 is 0 Å². The van der Waals surface area contributed by atoms with Crippen molar-refractivity contribution in [2.24, 2.45) is 0 Å². The number of hydrogen-bond donors (Lipinski definition) is 1. The Morgan fingerprint density at radius 1 is 1.29 bits per heavy atom. The number of nitrogens with zero attached hydrogens (tertiary/aromatic N) is 2. The van der Waals surface area contributed by atoms with Gasteiger partial charge in [0.15, 0.2) is 0 Å². The molecule has 1 aliphatic heterocycles.